The first kappa shape index (κ1) is 14.1. The normalized spacial score (nSPS) is 17.0. The molecule has 0 N–H and O–H groups in total. The molecule has 0 spiro atoms. The van der Waals surface area contributed by atoms with Crippen LogP contribution in [0.1, 0.15) is 11.3 Å². The molecule has 0 atom stereocenters. The Balaban J connectivity index is 1.89. The Labute approximate surface area is 132 Å². The van der Waals surface area contributed by atoms with Crippen molar-refractivity contribution < 1.29 is 9.21 Å². The van der Waals surface area contributed by atoms with E-state index in [1.807, 2.05) is 37.3 Å². The molecule has 1 aliphatic rings. The molecular formula is C16H13NO2S2. The standard InChI is InChI=1S/C16H13NO2S2/c1-10-4-3-5-11(8-10)13-7-6-12(19-13)9-14-15(18)17(2)16(20)21-14/h3-9H,1-2H3/b14-9-. The van der Waals surface area contributed by atoms with Gasteiger partial charge in [-0.25, -0.2) is 0 Å². The van der Waals surface area contributed by atoms with Gasteiger partial charge in [-0.15, -0.1) is 0 Å². The number of rotatable bonds is 2. The monoisotopic (exact) mass is 315 g/mol. The molecule has 3 nitrogen and oxygen atoms in total. The molecule has 0 bridgehead atoms. The third-order valence-corrected chi connectivity index (χ3v) is 4.67. The predicted octanol–water partition coefficient (Wildman–Crippen LogP) is 4.09. The van der Waals surface area contributed by atoms with Crippen LogP contribution in [0.4, 0.5) is 0 Å². The lowest BCUT2D eigenvalue weighted by Gasteiger charge is -2.03. The molecule has 3 rings (SSSR count). The minimum absolute atomic E-state index is 0.0847. The van der Waals surface area contributed by atoms with Gasteiger partial charge in [-0.05, 0) is 25.1 Å². The van der Waals surface area contributed by atoms with E-state index in [0.717, 1.165) is 11.3 Å². The van der Waals surface area contributed by atoms with E-state index in [2.05, 4.69) is 6.07 Å². The summed E-state index contributed by atoms with van der Waals surface area (Å²) in [7, 11) is 1.68. The Morgan fingerprint density at radius 3 is 2.76 bits per heavy atom. The molecule has 21 heavy (non-hydrogen) atoms. The molecular weight excluding hydrogens is 302 g/mol. The van der Waals surface area contributed by atoms with E-state index in [9.17, 15) is 4.79 Å². The minimum atomic E-state index is -0.0847. The van der Waals surface area contributed by atoms with Crippen LogP contribution in [0.5, 0.6) is 0 Å². The van der Waals surface area contributed by atoms with Crippen LogP contribution in [0, 0.1) is 6.92 Å². The maximum Gasteiger partial charge on any atom is 0.266 e. The quantitative estimate of drug-likeness (QED) is 0.617. The van der Waals surface area contributed by atoms with Gasteiger partial charge in [-0.2, -0.15) is 0 Å². The second kappa shape index (κ2) is 5.50. The van der Waals surface area contributed by atoms with Crippen molar-refractivity contribution in [1.82, 2.24) is 4.90 Å². The Morgan fingerprint density at radius 2 is 2.10 bits per heavy atom. The highest BCUT2D eigenvalue weighted by Gasteiger charge is 2.28. The summed E-state index contributed by atoms with van der Waals surface area (Å²) < 4.78 is 6.37. The molecule has 0 aliphatic carbocycles. The van der Waals surface area contributed by atoms with Crippen LogP contribution in [-0.4, -0.2) is 22.2 Å². The van der Waals surface area contributed by atoms with E-state index in [0.29, 0.717) is 15.0 Å². The van der Waals surface area contributed by atoms with Crippen LogP contribution in [0.2, 0.25) is 0 Å². The molecule has 1 aromatic carbocycles. The van der Waals surface area contributed by atoms with Gasteiger partial charge in [-0.3, -0.25) is 9.69 Å². The molecule has 1 aliphatic heterocycles. The van der Waals surface area contributed by atoms with Crippen molar-refractivity contribution in [3.05, 3.63) is 52.6 Å². The number of carbonyl (C=O) groups is 1. The molecule has 106 valence electrons. The van der Waals surface area contributed by atoms with Gasteiger partial charge in [0.15, 0.2) is 0 Å². The van der Waals surface area contributed by atoms with E-state index in [1.165, 1.54) is 22.2 Å². The fourth-order valence-electron chi connectivity index (χ4n) is 2.06. The lowest BCUT2D eigenvalue weighted by atomic mass is 10.1. The number of hydrogen-bond acceptors (Lipinski definition) is 4. The second-order valence-corrected chi connectivity index (χ2v) is 6.49. The van der Waals surface area contributed by atoms with Crippen molar-refractivity contribution in [2.75, 3.05) is 7.05 Å². The Kier molecular flexibility index (Phi) is 3.69. The highest BCUT2D eigenvalue weighted by atomic mass is 32.2. The second-order valence-electron chi connectivity index (χ2n) is 4.81. The number of furan rings is 1. The number of thiocarbonyl (C=S) groups is 1. The van der Waals surface area contributed by atoms with Gasteiger partial charge in [0.2, 0.25) is 0 Å². The Hall–Kier alpha value is -1.85. The highest BCUT2D eigenvalue weighted by Crippen LogP contribution is 2.32. The van der Waals surface area contributed by atoms with Crippen molar-refractivity contribution in [2.24, 2.45) is 0 Å². The zero-order valence-electron chi connectivity index (χ0n) is 11.6. The molecule has 1 fully saturated rings. The molecule has 1 aromatic heterocycles. The van der Waals surface area contributed by atoms with Crippen molar-refractivity contribution in [1.29, 1.82) is 0 Å². The van der Waals surface area contributed by atoms with Gasteiger partial charge in [0.25, 0.3) is 5.91 Å². The summed E-state index contributed by atoms with van der Waals surface area (Å²) in [6.07, 6.45) is 1.74. The summed E-state index contributed by atoms with van der Waals surface area (Å²) in [6, 6.07) is 11.9. The smallest absolute Gasteiger partial charge is 0.266 e. The van der Waals surface area contributed by atoms with E-state index >= 15 is 0 Å². The number of carbonyl (C=O) groups excluding carboxylic acids is 1. The van der Waals surface area contributed by atoms with E-state index in [4.69, 9.17) is 16.6 Å². The SMILES string of the molecule is Cc1cccc(-c2ccc(/C=C3\SC(=S)N(C)C3=O)o2)c1. The Morgan fingerprint density at radius 1 is 1.29 bits per heavy atom. The average molecular weight is 315 g/mol. The van der Waals surface area contributed by atoms with Crippen molar-refractivity contribution in [3.63, 3.8) is 0 Å². The first-order valence-corrected chi connectivity index (χ1v) is 7.65. The van der Waals surface area contributed by atoms with Crippen LogP contribution >= 0.6 is 24.0 Å². The van der Waals surface area contributed by atoms with Gasteiger partial charge in [0, 0.05) is 18.7 Å². The van der Waals surface area contributed by atoms with Crippen LogP contribution < -0.4 is 0 Å². The molecule has 2 heterocycles. The zero-order chi connectivity index (χ0) is 15.0. The predicted molar refractivity (Wildman–Crippen MR) is 89.8 cm³/mol. The number of amides is 1. The number of likely N-dealkylation sites (N-methyl/N-ethyl adjacent to an activating group) is 1. The highest BCUT2D eigenvalue weighted by molar-refractivity contribution is 8.26. The average Bonchev–Trinajstić information content (AvgIpc) is 3.01. The summed E-state index contributed by atoms with van der Waals surface area (Å²) >= 11 is 6.40. The van der Waals surface area contributed by atoms with Gasteiger partial charge < -0.3 is 4.42 Å². The summed E-state index contributed by atoms with van der Waals surface area (Å²) in [5.74, 6) is 1.36. The molecule has 1 amide bonds. The summed E-state index contributed by atoms with van der Waals surface area (Å²) in [4.78, 5) is 14.0. The summed E-state index contributed by atoms with van der Waals surface area (Å²) in [5.41, 5.74) is 2.20. The third-order valence-electron chi connectivity index (χ3n) is 3.19. The van der Waals surface area contributed by atoms with Gasteiger partial charge in [0.05, 0.1) is 4.91 Å². The largest absolute Gasteiger partial charge is 0.457 e. The molecule has 2 aromatic rings. The summed E-state index contributed by atoms with van der Waals surface area (Å²) in [5, 5.41) is 0. The maximum absolute atomic E-state index is 11.9. The zero-order valence-corrected chi connectivity index (χ0v) is 13.3. The number of nitrogens with zero attached hydrogens (tertiary/aromatic N) is 1. The van der Waals surface area contributed by atoms with Crippen LogP contribution in [0.25, 0.3) is 17.4 Å². The van der Waals surface area contributed by atoms with E-state index in [1.54, 1.807) is 13.1 Å². The van der Waals surface area contributed by atoms with E-state index < -0.39 is 0 Å². The lowest BCUT2D eigenvalue weighted by molar-refractivity contribution is -0.121. The van der Waals surface area contributed by atoms with Crippen molar-refractivity contribution >= 4 is 40.3 Å². The molecule has 0 unspecified atom stereocenters. The fourth-order valence-corrected chi connectivity index (χ4v) is 3.22. The number of hydrogen-bond donors (Lipinski definition) is 0. The molecule has 5 heteroatoms. The minimum Gasteiger partial charge on any atom is -0.457 e. The molecule has 0 saturated carbocycles. The van der Waals surface area contributed by atoms with Gasteiger partial charge >= 0.3 is 0 Å². The van der Waals surface area contributed by atoms with Crippen LogP contribution in [0.15, 0.2) is 45.7 Å². The first-order valence-electron chi connectivity index (χ1n) is 6.43. The topological polar surface area (TPSA) is 33.5 Å². The Bertz CT molecular complexity index is 761. The number of benzene rings is 1. The van der Waals surface area contributed by atoms with E-state index in [-0.39, 0.29) is 5.91 Å². The maximum atomic E-state index is 11.9. The lowest BCUT2D eigenvalue weighted by Crippen LogP contribution is -2.22. The first-order chi connectivity index (χ1) is 10.0. The van der Waals surface area contributed by atoms with Crippen molar-refractivity contribution in [3.8, 4) is 11.3 Å². The molecule has 0 radical (unpaired) electrons. The number of thioether (sulfide) groups is 1. The molecule has 1 saturated heterocycles. The van der Waals surface area contributed by atoms with Crippen molar-refractivity contribution in [2.45, 2.75) is 6.92 Å². The van der Waals surface area contributed by atoms with Crippen LogP contribution in [0.3, 0.4) is 0 Å². The third kappa shape index (κ3) is 2.80. The van der Waals surface area contributed by atoms with Crippen LogP contribution in [-0.2, 0) is 4.79 Å². The summed E-state index contributed by atoms with van der Waals surface area (Å²) in [6.45, 7) is 2.04. The fraction of sp³-hybridized carbons (Fsp3) is 0.125. The van der Waals surface area contributed by atoms with Gasteiger partial charge in [-0.1, -0.05) is 47.7 Å². The van der Waals surface area contributed by atoms with Gasteiger partial charge in [0.1, 0.15) is 15.8 Å². The number of aryl methyl sites for hydroxylation is 1.